The van der Waals surface area contributed by atoms with Crippen molar-refractivity contribution in [1.82, 2.24) is 0 Å². The Kier molecular flexibility index (Phi) is 2.35. The lowest BCUT2D eigenvalue weighted by molar-refractivity contribution is 0.124. The molecule has 0 saturated heterocycles. The standard InChI is InChI=1S/C12H14O/c1-10-6-2-3-7-11(10)12-8-4-5-9-13-12/h2-3,5-7,9,12H,4,8H2,1H3. The van der Waals surface area contributed by atoms with E-state index in [0.717, 1.165) is 12.8 Å². The molecular weight excluding hydrogens is 160 g/mol. The molecule has 0 fully saturated rings. The molecule has 0 saturated carbocycles. The highest BCUT2D eigenvalue weighted by Crippen LogP contribution is 2.28. The second-order valence-electron chi connectivity index (χ2n) is 3.43. The van der Waals surface area contributed by atoms with Crippen LogP contribution < -0.4 is 0 Å². The highest BCUT2D eigenvalue weighted by molar-refractivity contribution is 5.28. The zero-order valence-electron chi connectivity index (χ0n) is 7.86. The molecule has 2 rings (SSSR count). The molecule has 1 aromatic rings. The number of hydrogen-bond acceptors (Lipinski definition) is 1. The van der Waals surface area contributed by atoms with Gasteiger partial charge in [0.05, 0.1) is 6.26 Å². The minimum absolute atomic E-state index is 0.270. The van der Waals surface area contributed by atoms with Crippen LogP contribution in [0.15, 0.2) is 36.6 Å². The Hall–Kier alpha value is -1.24. The number of hydrogen-bond donors (Lipinski definition) is 0. The third-order valence-electron chi connectivity index (χ3n) is 2.47. The summed E-state index contributed by atoms with van der Waals surface area (Å²) in [7, 11) is 0. The van der Waals surface area contributed by atoms with Crippen molar-refractivity contribution in [1.29, 1.82) is 0 Å². The van der Waals surface area contributed by atoms with E-state index >= 15 is 0 Å². The number of allylic oxidation sites excluding steroid dienone is 1. The summed E-state index contributed by atoms with van der Waals surface area (Å²) in [6.07, 6.45) is 6.39. The maximum absolute atomic E-state index is 5.56. The fourth-order valence-electron chi connectivity index (χ4n) is 1.71. The van der Waals surface area contributed by atoms with Crippen LogP contribution in [0.5, 0.6) is 0 Å². The van der Waals surface area contributed by atoms with E-state index in [1.54, 1.807) is 0 Å². The van der Waals surface area contributed by atoms with Crippen LogP contribution in [0.3, 0.4) is 0 Å². The Morgan fingerprint density at radius 3 is 2.85 bits per heavy atom. The van der Waals surface area contributed by atoms with Gasteiger partial charge in [0, 0.05) is 0 Å². The maximum atomic E-state index is 5.56. The first-order chi connectivity index (χ1) is 6.38. The van der Waals surface area contributed by atoms with Crippen molar-refractivity contribution in [3.05, 3.63) is 47.7 Å². The molecule has 0 bridgehead atoms. The van der Waals surface area contributed by atoms with Crippen molar-refractivity contribution < 1.29 is 4.74 Å². The molecule has 1 nitrogen and oxygen atoms in total. The summed E-state index contributed by atoms with van der Waals surface area (Å²) in [5.41, 5.74) is 2.65. The van der Waals surface area contributed by atoms with Crippen LogP contribution >= 0.6 is 0 Å². The third-order valence-corrected chi connectivity index (χ3v) is 2.47. The summed E-state index contributed by atoms with van der Waals surface area (Å²) >= 11 is 0. The van der Waals surface area contributed by atoms with E-state index < -0.39 is 0 Å². The quantitative estimate of drug-likeness (QED) is 0.634. The van der Waals surface area contributed by atoms with Crippen LogP contribution in [-0.2, 0) is 4.74 Å². The van der Waals surface area contributed by atoms with Crippen LogP contribution in [0.25, 0.3) is 0 Å². The second-order valence-corrected chi connectivity index (χ2v) is 3.43. The first-order valence-electron chi connectivity index (χ1n) is 4.74. The Morgan fingerprint density at radius 1 is 1.31 bits per heavy atom. The molecule has 0 spiro atoms. The average Bonchev–Trinajstić information content (AvgIpc) is 2.20. The molecule has 0 radical (unpaired) electrons. The van der Waals surface area contributed by atoms with Gasteiger partial charge in [-0.15, -0.1) is 0 Å². The highest BCUT2D eigenvalue weighted by atomic mass is 16.5. The lowest BCUT2D eigenvalue weighted by atomic mass is 9.99. The summed E-state index contributed by atoms with van der Waals surface area (Å²) in [5, 5.41) is 0. The van der Waals surface area contributed by atoms with Crippen molar-refractivity contribution in [2.75, 3.05) is 0 Å². The Morgan fingerprint density at radius 2 is 2.15 bits per heavy atom. The summed E-state index contributed by atoms with van der Waals surface area (Å²) in [4.78, 5) is 0. The maximum Gasteiger partial charge on any atom is 0.123 e. The summed E-state index contributed by atoms with van der Waals surface area (Å²) in [5.74, 6) is 0. The van der Waals surface area contributed by atoms with Gasteiger partial charge in [-0.05, 0) is 37.0 Å². The number of rotatable bonds is 1. The van der Waals surface area contributed by atoms with Gasteiger partial charge in [-0.2, -0.15) is 0 Å². The van der Waals surface area contributed by atoms with Gasteiger partial charge in [0.15, 0.2) is 0 Å². The monoisotopic (exact) mass is 174 g/mol. The largest absolute Gasteiger partial charge is 0.494 e. The van der Waals surface area contributed by atoms with Crippen molar-refractivity contribution >= 4 is 0 Å². The van der Waals surface area contributed by atoms with E-state index in [1.807, 2.05) is 6.26 Å². The molecule has 1 unspecified atom stereocenters. The Bertz CT molecular complexity index is 315. The predicted octanol–water partition coefficient (Wildman–Crippen LogP) is 3.36. The van der Waals surface area contributed by atoms with Crippen molar-refractivity contribution in [2.24, 2.45) is 0 Å². The first kappa shape index (κ1) is 8.36. The van der Waals surface area contributed by atoms with Crippen molar-refractivity contribution in [3.8, 4) is 0 Å². The van der Waals surface area contributed by atoms with Crippen molar-refractivity contribution in [2.45, 2.75) is 25.9 Å². The SMILES string of the molecule is Cc1ccccc1C1CCC=CO1. The second kappa shape index (κ2) is 3.65. The molecule has 1 heterocycles. The molecule has 0 amide bonds. The van der Waals surface area contributed by atoms with E-state index in [0.29, 0.717) is 0 Å². The van der Waals surface area contributed by atoms with E-state index in [4.69, 9.17) is 4.74 Å². The van der Waals surface area contributed by atoms with Gasteiger partial charge < -0.3 is 4.74 Å². The van der Waals surface area contributed by atoms with Crippen molar-refractivity contribution in [3.63, 3.8) is 0 Å². The van der Waals surface area contributed by atoms with Crippen LogP contribution in [0, 0.1) is 6.92 Å². The van der Waals surface area contributed by atoms with Gasteiger partial charge in [-0.3, -0.25) is 0 Å². The van der Waals surface area contributed by atoms with Gasteiger partial charge in [0.25, 0.3) is 0 Å². The van der Waals surface area contributed by atoms with E-state index in [1.165, 1.54) is 11.1 Å². The lowest BCUT2D eigenvalue weighted by Gasteiger charge is -2.21. The van der Waals surface area contributed by atoms with Crippen LogP contribution in [-0.4, -0.2) is 0 Å². The zero-order chi connectivity index (χ0) is 9.10. The van der Waals surface area contributed by atoms with Crippen LogP contribution in [0.2, 0.25) is 0 Å². The first-order valence-corrected chi connectivity index (χ1v) is 4.74. The van der Waals surface area contributed by atoms with Gasteiger partial charge in [0.1, 0.15) is 6.10 Å². The zero-order valence-corrected chi connectivity index (χ0v) is 7.86. The molecule has 1 aliphatic rings. The van der Waals surface area contributed by atoms with Gasteiger partial charge >= 0.3 is 0 Å². The van der Waals surface area contributed by atoms with Gasteiger partial charge in [-0.25, -0.2) is 0 Å². The molecule has 1 atom stereocenters. The molecule has 0 aromatic heterocycles. The molecule has 1 heteroatoms. The smallest absolute Gasteiger partial charge is 0.123 e. The molecular formula is C12H14O. The summed E-state index contributed by atoms with van der Waals surface area (Å²) in [6.45, 7) is 2.14. The molecule has 0 N–H and O–H groups in total. The van der Waals surface area contributed by atoms with Crippen LogP contribution in [0.1, 0.15) is 30.1 Å². The summed E-state index contributed by atoms with van der Waals surface area (Å²) in [6, 6.07) is 8.43. The minimum atomic E-state index is 0.270. The number of aryl methyl sites for hydroxylation is 1. The topological polar surface area (TPSA) is 9.23 Å². The fraction of sp³-hybridized carbons (Fsp3) is 0.333. The van der Waals surface area contributed by atoms with E-state index in [-0.39, 0.29) is 6.10 Å². The van der Waals surface area contributed by atoms with Crippen LogP contribution in [0.4, 0.5) is 0 Å². The van der Waals surface area contributed by atoms with E-state index in [9.17, 15) is 0 Å². The lowest BCUT2D eigenvalue weighted by Crippen LogP contribution is -2.05. The molecule has 0 aliphatic carbocycles. The fourth-order valence-corrected chi connectivity index (χ4v) is 1.71. The van der Waals surface area contributed by atoms with Gasteiger partial charge in [-0.1, -0.05) is 24.3 Å². The number of ether oxygens (including phenoxy) is 1. The van der Waals surface area contributed by atoms with Gasteiger partial charge in [0.2, 0.25) is 0 Å². The summed E-state index contributed by atoms with van der Waals surface area (Å²) < 4.78 is 5.56. The predicted molar refractivity (Wildman–Crippen MR) is 53.4 cm³/mol. The normalized spacial score (nSPS) is 21.2. The Balaban J connectivity index is 2.24. The third kappa shape index (κ3) is 1.74. The Labute approximate surface area is 79.0 Å². The molecule has 68 valence electrons. The highest BCUT2D eigenvalue weighted by Gasteiger charge is 2.14. The molecule has 13 heavy (non-hydrogen) atoms. The van der Waals surface area contributed by atoms with E-state index in [2.05, 4.69) is 37.3 Å². The molecule has 1 aromatic carbocycles. The minimum Gasteiger partial charge on any atom is -0.494 e. The average molecular weight is 174 g/mol. The molecule has 1 aliphatic heterocycles. The number of benzene rings is 1.